The first kappa shape index (κ1) is 17.6. The first-order chi connectivity index (χ1) is 12.0. The smallest absolute Gasteiger partial charge is 0.344 e. The monoisotopic (exact) mass is 374 g/mol. The van der Waals surface area contributed by atoms with Crippen molar-refractivity contribution in [3.63, 3.8) is 0 Å². The molecule has 2 heterocycles. The summed E-state index contributed by atoms with van der Waals surface area (Å²) >= 11 is 12.6. The van der Waals surface area contributed by atoms with Crippen molar-refractivity contribution < 1.29 is 9.53 Å². The number of hydrogen-bond donors (Lipinski definition) is 0. The lowest BCUT2D eigenvalue weighted by Gasteiger charge is -2.26. The maximum Gasteiger partial charge on any atom is 0.344 e. The van der Waals surface area contributed by atoms with Gasteiger partial charge in [-0.3, -0.25) is 9.98 Å². The molecule has 1 aliphatic rings. The van der Waals surface area contributed by atoms with Crippen molar-refractivity contribution in [2.75, 3.05) is 0 Å². The number of nitrogens with zero attached hydrogens (tertiary/aromatic N) is 2. The molecule has 2 aromatic rings. The first-order valence-corrected chi connectivity index (χ1v) is 8.54. The second kappa shape index (κ2) is 7.38. The highest BCUT2D eigenvalue weighted by Crippen LogP contribution is 2.40. The zero-order valence-corrected chi connectivity index (χ0v) is 15.3. The summed E-state index contributed by atoms with van der Waals surface area (Å²) in [6.45, 7) is 3.76. The van der Waals surface area contributed by atoms with E-state index in [1.165, 1.54) is 6.20 Å². The maximum absolute atomic E-state index is 12.5. The van der Waals surface area contributed by atoms with E-state index in [1.54, 1.807) is 24.4 Å². The van der Waals surface area contributed by atoms with Gasteiger partial charge in [-0.05, 0) is 44.0 Å². The zero-order chi connectivity index (χ0) is 18.0. The van der Waals surface area contributed by atoms with E-state index in [9.17, 15) is 4.79 Å². The second-order valence-corrected chi connectivity index (χ2v) is 6.61. The van der Waals surface area contributed by atoms with Crippen LogP contribution in [0.4, 0.5) is 0 Å². The van der Waals surface area contributed by atoms with Crippen molar-refractivity contribution >= 4 is 34.9 Å². The average Bonchev–Trinajstić information content (AvgIpc) is 2.60. The number of halogens is 2. The van der Waals surface area contributed by atoms with Crippen molar-refractivity contribution in [3.05, 3.63) is 75.4 Å². The Labute approximate surface area is 156 Å². The molecule has 1 aromatic heterocycles. The van der Waals surface area contributed by atoms with Crippen LogP contribution >= 0.6 is 23.2 Å². The highest BCUT2D eigenvalue weighted by atomic mass is 35.5. The summed E-state index contributed by atoms with van der Waals surface area (Å²) in [5.74, 6) is -0.201. The molecule has 0 fully saturated rings. The number of carbonyl (C=O) groups is 1. The lowest BCUT2D eigenvalue weighted by Crippen LogP contribution is -2.19. The summed E-state index contributed by atoms with van der Waals surface area (Å²) in [7, 11) is 0. The Morgan fingerprint density at radius 3 is 2.72 bits per heavy atom. The Bertz CT molecular complexity index is 876. The molecule has 0 aliphatic carbocycles. The number of allylic oxidation sites excluding steroid dienone is 2. The molecule has 0 radical (unpaired) electrons. The van der Waals surface area contributed by atoms with Gasteiger partial charge in [0, 0.05) is 18.1 Å². The SMILES string of the molecule is CC1=NC(C)=C(OC(=O)c2cccnc2)C(c2cccc(Cl)c2Cl)C1. The van der Waals surface area contributed by atoms with Gasteiger partial charge in [0.25, 0.3) is 0 Å². The summed E-state index contributed by atoms with van der Waals surface area (Å²) in [6, 6.07) is 8.80. The van der Waals surface area contributed by atoms with Crippen LogP contribution in [-0.4, -0.2) is 16.7 Å². The summed E-state index contributed by atoms with van der Waals surface area (Å²) in [6.07, 6.45) is 3.67. The van der Waals surface area contributed by atoms with Gasteiger partial charge in [0.05, 0.1) is 27.2 Å². The molecule has 0 amide bonds. The molecule has 1 aliphatic heterocycles. The Hall–Kier alpha value is -2.17. The van der Waals surface area contributed by atoms with Crippen LogP contribution in [0.5, 0.6) is 0 Å². The molecular formula is C19H16Cl2N2O2. The quantitative estimate of drug-likeness (QED) is 0.673. The van der Waals surface area contributed by atoms with E-state index in [-0.39, 0.29) is 5.92 Å². The number of aliphatic imine (C=N–C) groups is 1. The van der Waals surface area contributed by atoms with Crippen molar-refractivity contribution in [2.24, 2.45) is 4.99 Å². The van der Waals surface area contributed by atoms with Gasteiger partial charge < -0.3 is 4.74 Å². The topological polar surface area (TPSA) is 51.5 Å². The Morgan fingerprint density at radius 2 is 2.00 bits per heavy atom. The van der Waals surface area contributed by atoms with E-state index in [0.29, 0.717) is 33.5 Å². The fraction of sp³-hybridized carbons (Fsp3) is 0.211. The molecule has 1 aromatic carbocycles. The van der Waals surface area contributed by atoms with Crippen molar-refractivity contribution in [3.8, 4) is 0 Å². The third kappa shape index (κ3) is 3.75. The number of benzene rings is 1. The molecule has 1 unspecified atom stereocenters. The Balaban J connectivity index is 1.99. The number of ether oxygens (including phenoxy) is 1. The van der Waals surface area contributed by atoms with Gasteiger partial charge >= 0.3 is 5.97 Å². The molecule has 128 valence electrons. The molecule has 25 heavy (non-hydrogen) atoms. The Kier molecular flexibility index (Phi) is 5.21. The summed E-state index contributed by atoms with van der Waals surface area (Å²) < 4.78 is 5.69. The van der Waals surface area contributed by atoms with Crippen LogP contribution in [0, 0.1) is 0 Å². The van der Waals surface area contributed by atoms with Crippen LogP contribution < -0.4 is 0 Å². The van der Waals surface area contributed by atoms with Crippen LogP contribution in [-0.2, 0) is 4.74 Å². The van der Waals surface area contributed by atoms with E-state index in [4.69, 9.17) is 27.9 Å². The number of carbonyl (C=O) groups excluding carboxylic acids is 1. The first-order valence-electron chi connectivity index (χ1n) is 7.78. The normalized spacial score (nSPS) is 17.3. The standard InChI is InChI=1S/C19H16Cl2N2O2/c1-11-9-15(14-6-3-7-16(20)17(14)21)18(12(2)23-11)25-19(24)13-5-4-8-22-10-13/h3-8,10,15H,9H2,1-2H3. The van der Waals surface area contributed by atoms with Gasteiger partial charge in [0.15, 0.2) is 0 Å². The van der Waals surface area contributed by atoms with E-state index in [2.05, 4.69) is 9.98 Å². The van der Waals surface area contributed by atoms with Gasteiger partial charge in [-0.1, -0.05) is 35.3 Å². The van der Waals surface area contributed by atoms with E-state index < -0.39 is 5.97 Å². The largest absolute Gasteiger partial charge is 0.425 e. The van der Waals surface area contributed by atoms with Gasteiger partial charge in [0.2, 0.25) is 0 Å². The van der Waals surface area contributed by atoms with E-state index in [1.807, 2.05) is 26.0 Å². The summed E-state index contributed by atoms with van der Waals surface area (Å²) in [5.41, 5.74) is 2.79. The average molecular weight is 375 g/mol. The van der Waals surface area contributed by atoms with Crippen molar-refractivity contribution in [1.82, 2.24) is 4.98 Å². The number of hydrogen-bond acceptors (Lipinski definition) is 4. The lowest BCUT2D eigenvalue weighted by molar-refractivity contribution is 0.0598. The van der Waals surface area contributed by atoms with Crippen LogP contribution in [0.15, 0.2) is 59.2 Å². The Morgan fingerprint density at radius 1 is 1.20 bits per heavy atom. The number of aromatic nitrogens is 1. The van der Waals surface area contributed by atoms with Gasteiger partial charge in [0.1, 0.15) is 5.76 Å². The number of rotatable bonds is 3. The fourth-order valence-corrected chi connectivity index (χ4v) is 3.29. The van der Waals surface area contributed by atoms with Gasteiger partial charge in [-0.25, -0.2) is 4.79 Å². The molecule has 0 spiro atoms. The molecule has 0 N–H and O–H groups in total. The third-order valence-corrected chi connectivity index (χ3v) is 4.82. The minimum atomic E-state index is -0.472. The minimum absolute atomic E-state index is 0.218. The van der Waals surface area contributed by atoms with Gasteiger partial charge in [-0.2, -0.15) is 0 Å². The molecular weight excluding hydrogens is 359 g/mol. The molecule has 4 nitrogen and oxygen atoms in total. The molecule has 3 rings (SSSR count). The predicted octanol–water partition coefficient (Wildman–Crippen LogP) is 5.43. The van der Waals surface area contributed by atoms with Crippen molar-refractivity contribution in [1.29, 1.82) is 0 Å². The highest BCUT2D eigenvalue weighted by molar-refractivity contribution is 6.42. The van der Waals surface area contributed by atoms with Crippen LogP contribution in [0.1, 0.15) is 42.1 Å². The second-order valence-electron chi connectivity index (χ2n) is 5.83. The minimum Gasteiger partial charge on any atom is -0.425 e. The van der Waals surface area contributed by atoms with E-state index in [0.717, 1.165) is 11.3 Å². The third-order valence-electron chi connectivity index (χ3n) is 3.99. The molecule has 0 bridgehead atoms. The number of esters is 1. The van der Waals surface area contributed by atoms with Crippen LogP contribution in [0.2, 0.25) is 10.0 Å². The predicted molar refractivity (Wildman–Crippen MR) is 99.3 cm³/mol. The fourth-order valence-electron chi connectivity index (χ4n) is 2.86. The van der Waals surface area contributed by atoms with Crippen LogP contribution in [0.25, 0.3) is 0 Å². The lowest BCUT2D eigenvalue weighted by atomic mass is 9.89. The van der Waals surface area contributed by atoms with Gasteiger partial charge in [-0.15, -0.1) is 0 Å². The van der Waals surface area contributed by atoms with Crippen LogP contribution in [0.3, 0.4) is 0 Å². The van der Waals surface area contributed by atoms with E-state index >= 15 is 0 Å². The molecule has 0 saturated carbocycles. The summed E-state index contributed by atoms with van der Waals surface area (Å²) in [5, 5.41) is 0.932. The summed E-state index contributed by atoms with van der Waals surface area (Å²) in [4.78, 5) is 20.9. The molecule has 1 atom stereocenters. The molecule has 6 heteroatoms. The number of pyridine rings is 1. The maximum atomic E-state index is 12.5. The van der Waals surface area contributed by atoms with Crippen molar-refractivity contribution in [2.45, 2.75) is 26.2 Å². The highest BCUT2D eigenvalue weighted by Gasteiger charge is 2.29. The molecule has 0 saturated heterocycles. The zero-order valence-electron chi connectivity index (χ0n) is 13.8.